The Labute approximate surface area is 127 Å². The van der Waals surface area contributed by atoms with E-state index in [1.807, 2.05) is 0 Å². The summed E-state index contributed by atoms with van der Waals surface area (Å²) in [6, 6.07) is 0. The van der Waals surface area contributed by atoms with Gasteiger partial charge in [0.25, 0.3) is 0 Å². The van der Waals surface area contributed by atoms with Crippen LogP contribution in [-0.2, 0) is 23.7 Å². The van der Waals surface area contributed by atoms with E-state index in [2.05, 4.69) is 20.8 Å². The molecule has 0 aromatic carbocycles. The summed E-state index contributed by atoms with van der Waals surface area (Å²) in [6.45, 7) is 10.1. The van der Waals surface area contributed by atoms with Crippen LogP contribution in [0.3, 0.4) is 0 Å². The minimum absolute atomic E-state index is 0.130. The molecule has 1 heterocycles. The fraction of sp³-hybridized carbons (Fsp3) is 0.933. The predicted octanol–water partition coefficient (Wildman–Crippen LogP) is 1.17. The number of hydrogen-bond acceptors (Lipinski definition) is 6. The quantitative estimate of drug-likeness (QED) is 0.535. The van der Waals surface area contributed by atoms with Crippen LogP contribution in [-0.4, -0.2) is 51.3 Å². The zero-order valence-electron chi connectivity index (χ0n) is 13.5. The topological polar surface area (TPSA) is 80.0 Å². The summed E-state index contributed by atoms with van der Waals surface area (Å²) in [7, 11) is 0. The molecule has 1 rings (SSSR count). The first kappa shape index (κ1) is 18.4. The van der Waals surface area contributed by atoms with Crippen molar-refractivity contribution in [3.63, 3.8) is 0 Å². The molecule has 0 bridgehead atoms. The minimum Gasteiger partial charge on any atom is -0.463 e. The molecule has 1 aliphatic heterocycles. The van der Waals surface area contributed by atoms with Gasteiger partial charge in [0.2, 0.25) is 0 Å². The number of nitrogens with two attached hydrogens (primary N) is 1. The molecule has 1 saturated heterocycles. The Kier molecular flexibility index (Phi) is 8.18. The normalized spacial score (nSPS) is 32.9. The average Bonchev–Trinajstić information content (AvgIpc) is 2.45. The largest absolute Gasteiger partial charge is 0.463 e. The molecule has 0 amide bonds. The highest BCUT2D eigenvalue weighted by Crippen LogP contribution is 2.35. The molecule has 6 heteroatoms. The van der Waals surface area contributed by atoms with Crippen molar-refractivity contribution in [1.29, 1.82) is 0 Å². The fourth-order valence-electron chi connectivity index (χ4n) is 2.48. The van der Waals surface area contributed by atoms with Crippen molar-refractivity contribution in [2.24, 2.45) is 23.5 Å². The van der Waals surface area contributed by atoms with Gasteiger partial charge in [-0.15, -0.1) is 0 Å². The summed E-state index contributed by atoms with van der Waals surface area (Å²) in [5, 5.41) is 0. The van der Waals surface area contributed by atoms with Crippen molar-refractivity contribution < 1.29 is 23.7 Å². The van der Waals surface area contributed by atoms with Crippen molar-refractivity contribution in [3.8, 4) is 0 Å². The van der Waals surface area contributed by atoms with E-state index in [4.69, 9.17) is 24.7 Å². The summed E-state index contributed by atoms with van der Waals surface area (Å²) in [6.07, 6.45) is -0.423. The van der Waals surface area contributed by atoms with E-state index in [0.717, 1.165) is 0 Å². The molecule has 0 saturated carbocycles. The molecule has 5 unspecified atom stereocenters. The lowest BCUT2D eigenvalue weighted by molar-refractivity contribution is -0.258. The van der Waals surface area contributed by atoms with Crippen LogP contribution in [0.5, 0.6) is 0 Å². The molecule has 2 N–H and O–H groups in total. The van der Waals surface area contributed by atoms with E-state index < -0.39 is 0 Å². The first-order valence-corrected chi connectivity index (χ1v) is 7.65. The van der Waals surface area contributed by atoms with Gasteiger partial charge in [0.15, 0.2) is 6.29 Å². The van der Waals surface area contributed by atoms with E-state index in [0.29, 0.717) is 38.2 Å². The van der Waals surface area contributed by atoms with E-state index >= 15 is 0 Å². The Morgan fingerprint density at radius 2 is 1.81 bits per heavy atom. The number of hydrogen-bond donors (Lipinski definition) is 1. The third kappa shape index (κ3) is 5.90. The lowest BCUT2D eigenvalue weighted by Gasteiger charge is -2.43. The second-order valence-electron chi connectivity index (χ2n) is 5.69. The van der Waals surface area contributed by atoms with Gasteiger partial charge in [-0.1, -0.05) is 20.8 Å². The number of carbonyl (C=O) groups excluding carboxylic acids is 1. The third-order valence-electron chi connectivity index (χ3n) is 4.21. The molecule has 0 spiro atoms. The smallest absolute Gasteiger partial charge is 0.302 e. The zero-order chi connectivity index (χ0) is 15.8. The second-order valence-corrected chi connectivity index (χ2v) is 5.69. The monoisotopic (exact) mass is 303 g/mol. The molecule has 5 atom stereocenters. The summed E-state index contributed by atoms with van der Waals surface area (Å²) < 4.78 is 22.1. The summed E-state index contributed by atoms with van der Waals surface area (Å²) in [5.74, 6) is 0.731. The van der Waals surface area contributed by atoms with Gasteiger partial charge in [-0.2, -0.15) is 0 Å². The highest BCUT2D eigenvalue weighted by molar-refractivity contribution is 5.65. The van der Waals surface area contributed by atoms with Crippen molar-refractivity contribution in [3.05, 3.63) is 0 Å². The van der Waals surface area contributed by atoms with Gasteiger partial charge in [0.1, 0.15) is 6.61 Å². The van der Waals surface area contributed by atoms with Crippen molar-refractivity contribution in [1.82, 2.24) is 0 Å². The van der Waals surface area contributed by atoms with Crippen LogP contribution in [0.2, 0.25) is 0 Å². The first-order chi connectivity index (χ1) is 9.97. The Morgan fingerprint density at radius 3 is 2.43 bits per heavy atom. The Balaban J connectivity index is 2.44. The lowest BCUT2D eigenvalue weighted by atomic mass is 9.79. The summed E-state index contributed by atoms with van der Waals surface area (Å²) in [5.41, 5.74) is 5.35. The average molecular weight is 303 g/mol. The predicted molar refractivity (Wildman–Crippen MR) is 78.6 cm³/mol. The van der Waals surface area contributed by atoms with Crippen LogP contribution in [0.15, 0.2) is 0 Å². The van der Waals surface area contributed by atoms with Gasteiger partial charge in [0, 0.05) is 19.4 Å². The van der Waals surface area contributed by atoms with Crippen molar-refractivity contribution in [2.75, 3.05) is 33.0 Å². The van der Waals surface area contributed by atoms with E-state index in [-0.39, 0.29) is 30.9 Å². The summed E-state index contributed by atoms with van der Waals surface area (Å²) in [4.78, 5) is 11.0. The van der Waals surface area contributed by atoms with Gasteiger partial charge < -0.3 is 24.7 Å². The maximum absolute atomic E-state index is 11.0. The van der Waals surface area contributed by atoms with Crippen LogP contribution >= 0.6 is 0 Å². The van der Waals surface area contributed by atoms with Gasteiger partial charge in [-0.3, -0.25) is 4.79 Å². The van der Waals surface area contributed by atoms with Gasteiger partial charge in [0.05, 0.1) is 25.9 Å². The van der Waals surface area contributed by atoms with Crippen molar-refractivity contribution in [2.45, 2.75) is 40.1 Å². The molecule has 21 heavy (non-hydrogen) atoms. The Morgan fingerprint density at radius 1 is 1.10 bits per heavy atom. The molecule has 0 radical (unpaired) electrons. The van der Waals surface area contributed by atoms with E-state index in [1.54, 1.807) is 0 Å². The van der Waals surface area contributed by atoms with Crippen molar-refractivity contribution >= 4 is 5.97 Å². The molecule has 1 fully saturated rings. The molecule has 1 aliphatic rings. The van der Waals surface area contributed by atoms with Crippen LogP contribution in [0.4, 0.5) is 0 Å². The number of carbonyl (C=O) groups is 1. The lowest BCUT2D eigenvalue weighted by Crippen LogP contribution is -2.48. The minimum atomic E-state index is -0.293. The zero-order valence-corrected chi connectivity index (χ0v) is 13.5. The molecule has 6 nitrogen and oxygen atoms in total. The molecule has 124 valence electrons. The van der Waals surface area contributed by atoms with Gasteiger partial charge >= 0.3 is 5.97 Å². The van der Waals surface area contributed by atoms with Gasteiger partial charge in [-0.25, -0.2) is 0 Å². The molecule has 0 aromatic rings. The number of rotatable bonds is 8. The van der Waals surface area contributed by atoms with E-state index in [9.17, 15) is 4.79 Å². The first-order valence-electron chi connectivity index (χ1n) is 7.65. The molecule has 0 aliphatic carbocycles. The number of esters is 1. The Hall–Kier alpha value is -0.690. The molecular formula is C15H29NO5. The summed E-state index contributed by atoms with van der Waals surface area (Å²) >= 11 is 0. The van der Waals surface area contributed by atoms with Crippen LogP contribution in [0.25, 0.3) is 0 Å². The van der Waals surface area contributed by atoms with Gasteiger partial charge in [-0.05, 0) is 11.8 Å². The van der Waals surface area contributed by atoms with Crippen LogP contribution in [0.1, 0.15) is 27.7 Å². The second kappa shape index (κ2) is 9.35. The van der Waals surface area contributed by atoms with E-state index in [1.165, 1.54) is 6.92 Å². The standard InChI is InChI=1S/C15H29NO5/c1-10-11(2)14(9-20-13(4)17)21-15(12(10)3)19-8-7-18-6-5-16/h10-12,14-15H,5-9,16H2,1-4H3. The molecule has 0 aromatic heterocycles. The highest BCUT2D eigenvalue weighted by Gasteiger charge is 2.39. The fourth-order valence-corrected chi connectivity index (χ4v) is 2.48. The molecular weight excluding hydrogens is 274 g/mol. The maximum atomic E-state index is 11.0. The number of ether oxygens (including phenoxy) is 4. The SMILES string of the molecule is CC(=O)OCC1OC(OCCOCCN)C(C)C(C)C1C. The van der Waals surface area contributed by atoms with Crippen LogP contribution < -0.4 is 5.73 Å². The third-order valence-corrected chi connectivity index (χ3v) is 4.21. The highest BCUT2D eigenvalue weighted by atomic mass is 16.7. The Bertz CT molecular complexity index is 312. The van der Waals surface area contributed by atoms with Crippen LogP contribution in [0, 0.1) is 17.8 Å². The maximum Gasteiger partial charge on any atom is 0.302 e.